The van der Waals surface area contributed by atoms with Crippen molar-refractivity contribution in [1.82, 2.24) is 5.32 Å². The third kappa shape index (κ3) is 2.02. The molecule has 4 N–H and O–H groups in total. The number of hydrogen-bond donors (Lipinski definition) is 3. The molecule has 0 aromatic carbocycles. The van der Waals surface area contributed by atoms with Crippen LogP contribution in [0.2, 0.25) is 0 Å². The Kier molecular flexibility index (Phi) is 2.87. The van der Waals surface area contributed by atoms with E-state index >= 15 is 0 Å². The number of carboxylic acids is 1. The van der Waals surface area contributed by atoms with E-state index in [1.165, 1.54) is 0 Å². The molecule has 0 aromatic rings. The number of nitrogens with one attached hydrogen (secondary N) is 1. The zero-order valence-electron chi connectivity index (χ0n) is 9.86. The van der Waals surface area contributed by atoms with Gasteiger partial charge in [0, 0.05) is 12.6 Å². The molecule has 1 heterocycles. The summed E-state index contributed by atoms with van der Waals surface area (Å²) in [6.45, 7) is 2.60. The summed E-state index contributed by atoms with van der Waals surface area (Å²) in [6.07, 6.45) is 1.25. The van der Waals surface area contributed by atoms with Crippen LogP contribution < -0.4 is 11.1 Å². The zero-order valence-corrected chi connectivity index (χ0v) is 9.86. The molecule has 96 valence electrons. The predicted molar refractivity (Wildman–Crippen MR) is 59.2 cm³/mol. The average Bonchev–Trinajstić information content (AvgIpc) is 2.99. The van der Waals surface area contributed by atoms with Crippen LogP contribution in [0, 0.1) is 10.8 Å². The van der Waals surface area contributed by atoms with Crippen molar-refractivity contribution in [2.75, 3.05) is 19.8 Å². The summed E-state index contributed by atoms with van der Waals surface area (Å²) in [5.41, 5.74) is 4.34. The molecular formula is C11H18N2O4. The fourth-order valence-corrected chi connectivity index (χ4v) is 1.99. The number of hydrogen-bond acceptors (Lipinski definition) is 4. The fraction of sp³-hybridized carbons (Fsp3) is 0.818. The van der Waals surface area contributed by atoms with Crippen molar-refractivity contribution in [2.24, 2.45) is 16.6 Å². The Balaban J connectivity index is 1.92. The number of carbonyl (C=O) groups is 2. The van der Waals surface area contributed by atoms with Crippen molar-refractivity contribution < 1.29 is 19.4 Å². The van der Waals surface area contributed by atoms with E-state index in [0.29, 0.717) is 26.1 Å². The summed E-state index contributed by atoms with van der Waals surface area (Å²) in [4.78, 5) is 23.0. The first kappa shape index (κ1) is 12.3. The molecule has 1 amide bonds. The van der Waals surface area contributed by atoms with Crippen LogP contribution in [0.1, 0.15) is 19.8 Å². The Morgan fingerprint density at radius 3 is 2.59 bits per heavy atom. The quantitative estimate of drug-likeness (QED) is 0.607. The van der Waals surface area contributed by atoms with E-state index in [4.69, 9.17) is 15.6 Å². The lowest BCUT2D eigenvalue weighted by Gasteiger charge is -2.26. The highest BCUT2D eigenvalue weighted by Gasteiger charge is 2.52. The Hall–Kier alpha value is -1.14. The van der Waals surface area contributed by atoms with E-state index in [-0.39, 0.29) is 18.5 Å². The van der Waals surface area contributed by atoms with Crippen LogP contribution >= 0.6 is 0 Å². The highest BCUT2D eigenvalue weighted by molar-refractivity contribution is 5.85. The minimum absolute atomic E-state index is 0.184. The second-order valence-electron chi connectivity index (χ2n) is 5.31. The van der Waals surface area contributed by atoms with Crippen LogP contribution in [0.15, 0.2) is 0 Å². The van der Waals surface area contributed by atoms with Gasteiger partial charge < -0.3 is 20.9 Å². The van der Waals surface area contributed by atoms with E-state index in [0.717, 1.165) is 0 Å². The van der Waals surface area contributed by atoms with Gasteiger partial charge in [0.05, 0.1) is 24.0 Å². The molecule has 1 saturated carbocycles. The second kappa shape index (κ2) is 3.96. The molecule has 0 radical (unpaired) electrons. The van der Waals surface area contributed by atoms with E-state index in [9.17, 15) is 9.59 Å². The molecule has 0 spiro atoms. The predicted octanol–water partition coefficient (Wildman–Crippen LogP) is -0.669. The minimum atomic E-state index is -0.838. The molecule has 1 aliphatic carbocycles. The van der Waals surface area contributed by atoms with Crippen LogP contribution in [0.5, 0.6) is 0 Å². The number of aliphatic carboxylic acids is 1. The van der Waals surface area contributed by atoms with Crippen molar-refractivity contribution in [2.45, 2.75) is 25.8 Å². The lowest BCUT2D eigenvalue weighted by atomic mass is 9.84. The summed E-state index contributed by atoms with van der Waals surface area (Å²) < 4.78 is 5.19. The van der Waals surface area contributed by atoms with Gasteiger partial charge in [-0.15, -0.1) is 0 Å². The average molecular weight is 242 g/mol. The lowest BCUT2D eigenvalue weighted by Crippen LogP contribution is -2.51. The number of carbonyl (C=O) groups excluding carboxylic acids is 1. The number of ether oxygens (including phenoxy) is 1. The van der Waals surface area contributed by atoms with Crippen LogP contribution in [-0.2, 0) is 14.3 Å². The highest BCUT2D eigenvalue weighted by atomic mass is 16.5. The van der Waals surface area contributed by atoms with Gasteiger partial charge in [0.2, 0.25) is 5.91 Å². The summed E-state index contributed by atoms with van der Waals surface area (Å²) in [5.74, 6) is -1.05. The Morgan fingerprint density at radius 1 is 1.53 bits per heavy atom. The number of rotatable bonds is 4. The molecule has 2 unspecified atom stereocenters. The van der Waals surface area contributed by atoms with Gasteiger partial charge in [0.15, 0.2) is 0 Å². The van der Waals surface area contributed by atoms with Crippen molar-refractivity contribution >= 4 is 11.9 Å². The van der Waals surface area contributed by atoms with Gasteiger partial charge in [0.1, 0.15) is 0 Å². The maximum atomic E-state index is 12.0. The zero-order chi connectivity index (χ0) is 12.7. The maximum Gasteiger partial charge on any atom is 0.311 e. The van der Waals surface area contributed by atoms with E-state index in [1.807, 2.05) is 0 Å². The van der Waals surface area contributed by atoms with E-state index in [2.05, 4.69) is 5.32 Å². The van der Waals surface area contributed by atoms with E-state index < -0.39 is 16.8 Å². The summed E-state index contributed by atoms with van der Waals surface area (Å²) in [5, 5.41) is 11.7. The SMILES string of the molecule is CC1(C(=O)NCC2(C(=O)O)CC2)COCC1N. The molecule has 6 heteroatoms. The molecule has 1 saturated heterocycles. The molecule has 1 aliphatic heterocycles. The van der Waals surface area contributed by atoms with Crippen molar-refractivity contribution in [3.63, 3.8) is 0 Å². The summed E-state index contributed by atoms with van der Waals surface area (Å²) in [6, 6.07) is -0.331. The largest absolute Gasteiger partial charge is 0.481 e. The Labute approximate surface area is 99.5 Å². The van der Waals surface area contributed by atoms with Gasteiger partial charge in [-0.1, -0.05) is 0 Å². The summed E-state index contributed by atoms with van der Waals surface area (Å²) >= 11 is 0. The number of amides is 1. The smallest absolute Gasteiger partial charge is 0.311 e. The highest BCUT2D eigenvalue weighted by Crippen LogP contribution is 2.45. The minimum Gasteiger partial charge on any atom is -0.481 e. The fourth-order valence-electron chi connectivity index (χ4n) is 1.99. The molecule has 2 fully saturated rings. The topological polar surface area (TPSA) is 102 Å². The van der Waals surface area contributed by atoms with Crippen LogP contribution in [0.3, 0.4) is 0 Å². The molecule has 2 aliphatic rings. The number of nitrogens with two attached hydrogens (primary N) is 1. The second-order valence-corrected chi connectivity index (χ2v) is 5.31. The Bertz CT molecular complexity index is 353. The third-order valence-corrected chi connectivity index (χ3v) is 3.93. The number of carboxylic acid groups (broad SMARTS) is 1. The van der Waals surface area contributed by atoms with Gasteiger partial charge in [-0.3, -0.25) is 9.59 Å². The first-order valence-electron chi connectivity index (χ1n) is 5.76. The van der Waals surface area contributed by atoms with Gasteiger partial charge in [-0.2, -0.15) is 0 Å². The van der Waals surface area contributed by atoms with Crippen LogP contribution in [-0.4, -0.2) is 42.8 Å². The molecule has 0 aromatic heterocycles. The van der Waals surface area contributed by atoms with Gasteiger partial charge in [-0.25, -0.2) is 0 Å². The van der Waals surface area contributed by atoms with Crippen molar-refractivity contribution in [3.8, 4) is 0 Å². The van der Waals surface area contributed by atoms with Crippen molar-refractivity contribution in [1.29, 1.82) is 0 Å². The molecule has 17 heavy (non-hydrogen) atoms. The van der Waals surface area contributed by atoms with Gasteiger partial charge in [-0.05, 0) is 19.8 Å². The first-order valence-corrected chi connectivity index (χ1v) is 5.76. The standard InChI is InChI=1S/C11H18N2O4/c1-10(6-17-4-7(10)12)8(14)13-5-11(2-3-11)9(15)16/h7H,2-6,12H2,1H3,(H,13,14)(H,15,16). The van der Waals surface area contributed by atoms with Crippen LogP contribution in [0.25, 0.3) is 0 Å². The van der Waals surface area contributed by atoms with E-state index in [1.54, 1.807) is 6.92 Å². The monoisotopic (exact) mass is 242 g/mol. The first-order chi connectivity index (χ1) is 7.91. The molecule has 2 atom stereocenters. The normalized spacial score (nSPS) is 34.4. The maximum absolute atomic E-state index is 12.0. The third-order valence-electron chi connectivity index (χ3n) is 3.93. The van der Waals surface area contributed by atoms with Gasteiger partial charge in [0.25, 0.3) is 0 Å². The van der Waals surface area contributed by atoms with Crippen molar-refractivity contribution in [3.05, 3.63) is 0 Å². The summed E-state index contributed by atoms with van der Waals surface area (Å²) in [7, 11) is 0. The Morgan fingerprint density at radius 2 is 2.18 bits per heavy atom. The van der Waals surface area contributed by atoms with Gasteiger partial charge >= 0.3 is 5.97 Å². The van der Waals surface area contributed by atoms with Crippen LogP contribution in [0.4, 0.5) is 0 Å². The molecule has 6 nitrogen and oxygen atoms in total. The molecular weight excluding hydrogens is 224 g/mol. The lowest BCUT2D eigenvalue weighted by molar-refractivity contribution is -0.143. The molecule has 2 rings (SSSR count). The molecule has 0 bridgehead atoms.